The van der Waals surface area contributed by atoms with Gasteiger partial charge in [0.25, 0.3) is 0 Å². The molecule has 70 heavy (non-hydrogen) atoms. The Kier molecular flexibility index (Phi) is 56.5. The van der Waals surface area contributed by atoms with E-state index < -0.39 is 6.10 Å². The van der Waals surface area contributed by atoms with Crippen molar-refractivity contribution >= 4 is 11.9 Å². The Labute approximate surface area is 433 Å². The van der Waals surface area contributed by atoms with Crippen LogP contribution in [0.5, 0.6) is 0 Å². The number of esters is 2. The predicted octanol–water partition coefficient (Wildman–Crippen LogP) is 20.1. The van der Waals surface area contributed by atoms with Crippen molar-refractivity contribution in [3.05, 3.63) is 122 Å². The summed E-state index contributed by atoms with van der Waals surface area (Å²) in [5.74, 6) is -0.530. The molecular weight excluding hydrogens is 861 g/mol. The first-order valence-corrected chi connectivity index (χ1v) is 29.1. The highest BCUT2D eigenvalue weighted by Crippen LogP contribution is 2.14. The molecule has 0 heterocycles. The van der Waals surface area contributed by atoms with Gasteiger partial charge in [-0.25, -0.2) is 0 Å². The highest BCUT2D eigenvalue weighted by molar-refractivity contribution is 5.70. The molecule has 0 aromatic carbocycles. The fourth-order valence-electron chi connectivity index (χ4n) is 7.70. The Morgan fingerprint density at radius 3 is 1.10 bits per heavy atom. The van der Waals surface area contributed by atoms with Crippen molar-refractivity contribution in [1.82, 2.24) is 0 Å². The molecule has 0 saturated carbocycles. The monoisotopic (exact) mass is 969 g/mol. The average Bonchev–Trinajstić information content (AvgIpc) is 3.36. The Morgan fingerprint density at radius 1 is 0.329 bits per heavy atom. The molecule has 0 radical (unpaired) electrons. The number of carbonyl (C=O) groups excluding carboxylic acids is 2. The number of hydrogen-bond donors (Lipinski definition) is 0. The molecule has 0 spiro atoms. The van der Waals surface area contributed by atoms with Crippen molar-refractivity contribution < 1.29 is 23.8 Å². The van der Waals surface area contributed by atoms with Crippen molar-refractivity contribution in [1.29, 1.82) is 0 Å². The van der Waals surface area contributed by atoms with Gasteiger partial charge in [0.1, 0.15) is 6.61 Å². The second kappa shape index (κ2) is 59.6. The van der Waals surface area contributed by atoms with Crippen LogP contribution in [0.4, 0.5) is 0 Å². The Hall–Kier alpha value is -3.70. The van der Waals surface area contributed by atoms with E-state index in [4.69, 9.17) is 14.2 Å². The molecule has 0 bridgehead atoms. The third-order valence-electron chi connectivity index (χ3n) is 12.0. The molecule has 0 aromatic rings. The zero-order valence-electron chi connectivity index (χ0n) is 45.7. The van der Waals surface area contributed by atoms with E-state index in [1.165, 1.54) is 116 Å². The summed E-state index contributed by atoms with van der Waals surface area (Å²) in [4.78, 5) is 25.5. The molecule has 0 aliphatic heterocycles. The molecular formula is C65H108O5. The molecule has 1 atom stereocenters. The van der Waals surface area contributed by atoms with Gasteiger partial charge >= 0.3 is 11.9 Å². The first kappa shape index (κ1) is 66.3. The lowest BCUT2D eigenvalue weighted by Crippen LogP contribution is -2.30. The van der Waals surface area contributed by atoms with Crippen LogP contribution in [-0.2, 0) is 23.8 Å². The standard InChI is InChI=1S/C65H108O5/c1-4-7-10-13-16-19-22-25-28-31-33-35-37-40-43-46-49-52-55-58-64(66)69-62-63(61-68-60-57-54-51-48-45-42-39-30-27-24-21-18-15-12-9-6-3)70-65(67)59-56-53-50-47-44-41-38-36-34-32-29-26-23-20-17-14-11-8-5-2/h8,11,16-17,19-20,25-26,28-29,33-36,40-41,43-44,50,53,63H,4-7,9-10,12-15,18,21-24,27,30-32,37-39,42,45-49,51-52,54-62H2,1-3H3/b11-8-,19-16-,20-17-,28-25-,29-26-,35-33-,36-34-,43-40-,44-41-,53-50-/t63-/m1/s1. The van der Waals surface area contributed by atoms with Gasteiger partial charge in [0.15, 0.2) is 6.10 Å². The SMILES string of the molecule is CC/C=C\C/C=C\C/C=C\C/C=C\C/C=C\C/C=C\CCC(=O)O[C@H](COCCCCCCCCCCCCCCCCCC)COC(=O)CCCCC/C=C\C/C=C\C/C=C\C/C=C\CCCCC. The van der Waals surface area contributed by atoms with E-state index in [1.807, 2.05) is 6.08 Å². The van der Waals surface area contributed by atoms with E-state index in [2.05, 4.69) is 136 Å². The second-order valence-corrected chi connectivity index (χ2v) is 18.8. The quantitative estimate of drug-likeness (QED) is 0.0345. The van der Waals surface area contributed by atoms with Crippen LogP contribution in [0, 0.1) is 0 Å². The van der Waals surface area contributed by atoms with Gasteiger partial charge in [0.2, 0.25) is 0 Å². The molecule has 0 aliphatic rings. The summed E-state index contributed by atoms with van der Waals surface area (Å²) in [5.41, 5.74) is 0. The number of unbranched alkanes of at least 4 members (excludes halogenated alkanes) is 21. The molecule has 0 fully saturated rings. The maximum absolute atomic E-state index is 12.8. The van der Waals surface area contributed by atoms with Gasteiger partial charge < -0.3 is 14.2 Å². The summed E-state index contributed by atoms with van der Waals surface area (Å²) in [7, 11) is 0. The zero-order valence-corrected chi connectivity index (χ0v) is 45.7. The maximum atomic E-state index is 12.8. The number of hydrogen-bond acceptors (Lipinski definition) is 5. The number of carbonyl (C=O) groups is 2. The summed E-state index contributed by atoms with van der Waals surface area (Å²) in [6.07, 6.45) is 83.7. The average molecular weight is 970 g/mol. The van der Waals surface area contributed by atoms with E-state index in [-0.39, 0.29) is 31.6 Å². The molecule has 0 N–H and O–H groups in total. The molecule has 0 amide bonds. The van der Waals surface area contributed by atoms with Crippen LogP contribution in [0.25, 0.3) is 0 Å². The number of allylic oxidation sites excluding steroid dienone is 20. The van der Waals surface area contributed by atoms with E-state index in [9.17, 15) is 9.59 Å². The van der Waals surface area contributed by atoms with Gasteiger partial charge in [0, 0.05) is 19.4 Å². The Balaban J connectivity index is 4.47. The van der Waals surface area contributed by atoms with Crippen molar-refractivity contribution in [2.45, 2.75) is 258 Å². The minimum Gasteiger partial charge on any atom is -0.462 e. The van der Waals surface area contributed by atoms with Crippen LogP contribution in [0.1, 0.15) is 252 Å². The van der Waals surface area contributed by atoms with Crippen LogP contribution in [0.15, 0.2) is 122 Å². The second-order valence-electron chi connectivity index (χ2n) is 18.8. The third-order valence-corrected chi connectivity index (χ3v) is 12.0. The van der Waals surface area contributed by atoms with Gasteiger partial charge in [-0.05, 0) is 103 Å². The lowest BCUT2D eigenvalue weighted by atomic mass is 10.0. The minimum atomic E-state index is -0.597. The molecule has 5 heteroatoms. The van der Waals surface area contributed by atoms with Gasteiger partial charge in [-0.1, -0.05) is 258 Å². The van der Waals surface area contributed by atoms with Crippen molar-refractivity contribution in [2.75, 3.05) is 19.8 Å². The molecule has 398 valence electrons. The highest BCUT2D eigenvalue weighted by Gasteiger charge is 2.17. The van der Waals surface area contributed by atoms with E-state index in [0.717, 1.165) is 96.3 Å². The van der Waals surface area contributed by atoms with Crippen LogP contribution in [-0.4, -0.2) is 37.9 Å². The molecule has 0 saturated heterocycles. The summed E-state index contributed by atoms with van der Waals surface area (Å²) in [5, 5.41) is 0. The lowest BCUT2D eigenvalue weighted by Gasteiger charge is -2.18. The Bertz CT molecular complexity index is 1420. The largest absolute Gasteiger partial charge is 0.462 e. The molecule has 0 rings (SSSR count). The summed E-state index contributed by atoms with van der Waals surface area (Å²) >= 11 is 0. The topological polar surface area (TPSA) is 61.8 Å². The first-order valence-electron chi connectivity index (χ1n) is 29.1. The lowest BCUT2D eigenvalue weighted by molar-refractivity contribution is -0.162. The van der Waals surface area contributed by atoms with Crippen molar-refractivity contribution in [2.24, 2.45) is 0 Å². The van der Waals surface area contributed by atoms with Crippen LogP contribution in [0.3, 0.4) is 0 Å². The normalized spacial score (nSPS) is 13.1. The van der Waals surface area contributed by atoms with E-state index >= 15 is 0 Å². The fraction of sp³-hybridized carbons (Fsp3) is 0.662. The maximum Gasteiger partial charge on any atom is 0.306 e. The summed E-state index contributed by atoms with van der Waals surface area (Å²) in [6, 6.07) is 0. The van der Waals surface area contributed by atoms with Gasteiger partial charge in [0.05, 0.1) is 6.61 Å². The first-order chi connectivity index (χ1) is 34.6. The number of ether oxygens (including phenoxy) is 3. The Morgan fingerprint density at radius 2 is 0.671 bits per heavy atom. The minimum absolute atomic E-state index is 0.0334. The summed E-state index contributed by atoms with van der Waals surface area (Å²) < 4.78 is 17.4. The predicted molar refractivity (Wildman–Crippen MR) is 306 cm³/mol. The van der Waals surface area contributed by atoms with Gasteiger partial charge in [-0.2, -0.15) is 0 Å². The van der Waals surface area contributed by atoms with Crippen LogP contribution >= 0.6 is 0 Å². The van der Waals surface area contributed by atoms with Crippen LogP contribution < -0.4 is 0 Å². The van der Waals surface area contributed by atoms with Gasteiger partial charge in [-0.3, -0.25) is 9.59 Å². The fourth-order valence-corrected chi connectivity index (χ4v) is 7.70. The van der Waals surface area contributed by atoms with Crippen molar-refractivity contribution in [3.63, 3.8) is 0 Å². The van der Waals surface area contributed by atoms with E-state index in [0.29, 0.717) is 19.4 Å². The van der Waals surface area contributed by atoms with Crippen LogP contribution in [0.2, 0.25) is 0 Å². The molecule has 0 unspecified atom stereocenters. The highest BCUT2D eigenvalue weighted by atomic mass is 16.6. The number of rotatable bonds is 52. The van der Waals surface area contributed by atoms with Crippen molar-refractivity contribution in [3.8, 4) is 0 Å². The smallest absolute Gasteiger partial charge is 0.306 e. The molecule has 0 aliphatic carbocycles. The molecule has 0 aromatic heterocycles. The third kappa shape index (κ3) is 56.9. The van der Waals surface area contributed by atoms with Gasteiger partial charge in [-0.15, -0.1) is 0 Å². The zero-order chi connectivity index (χ0) is 50.6. The molecule has 5 nitrogen and oxygen atoms in total. The summed E-state index contributed by atoms with van der Waals surface area (Å²) in [6.45, 7) is 7.58. The van der Waals surface area contributed by atoms with E-state index in [1.54, 1.807) is 0 Å².